The van der Waals surface area contributed by atoms with Gasteiger partial charge in [0.2, 0.25) is 0 Å². The van der Waals surface area contributed by atoms with Crippen molar-refractivity contribution in [3.05, 3.63) is 62.1 Å². The summed E-state index contributed by atoms with van der Waals surface area (Å²) in [5.41, 5.74) is 4.64. The molecule has 1 saturated carbocycles. The number of hydrogen-bond acceptors (Lipinski definition) is 6. The van der Waals surface area contributed by atoms with Crippen molar-refractivity contribution in [3.63, 3.8) is 0 Å². The van der Waals surface area contributed by atoms with Crippen molar-refractivity contribution in [1.82, 2.24) is 20.5 Å². The van der Waals surface area contributed by atoms with Crippen LogP contribution < -0.4 is 21.1 Å². The van der Waals surface area contributed by atoms with Gasteiger partial charge in [-0.2, -0.15) is 0 Å². The first-order valence-electron chi connectivity index (χ1n) is 15.2. The molecule has 0 bridgehead atoms. The molecule has 0 unspecified atom stereocenters. The topological polar surface area (TPSA) is 107 Å². The number of alkyl carbamates (subject to hydrolysis) is 1. The van der Waals surface area contributed by atoms with Gasteiger partial charge in [-0.1, -0.05) is 11.8 Å². The molecule has 1 heterocycles. The first kappa shape index (κ1) is 33.7. The Morgan fingerprint density at radius 1 is 1.07 bits per heavy atom. The molecule has 0 aliphatic heterocycles. The van der Waals surface area contributed by atoms with Crippen LogP contribution in [-0.4, -0.2) is 66.8 Å². The molecular weight excluding hydrogens is 542 g/mol. The summed E-state index contributed by atoms with van der Waals surface area (Å²) in [6.07, 6.45) is 3.13. The Bertz CT molecular complexity index is 1420. The minimum absolute atomic E-state index is 0.0730. The molecule has 0 saturated heterocycles. The largest absolute Gasteiger partial charge is 0.444 e. The SMILES string of the molecule is CCN(c1cc(C#CCN(C)C)cc(C(=O)NCc2c(C)cc(C)[nH]c2=O)c1C)C1CCC(NC(=O)OC(C)(C)C)CC1. The van der Waals surface area contributed by atoms with Gasteiger partial charge in [-0.15, -0.1) is 0 Å². The van der Waals surface area contributed by atoms with Gasteiger partial charge in [0.05, 0.1) is 6.54 Å². The van der Waals surface area contributed by atoms with Crippen LogP contribution in [0.3, 0.4) is 0 Å². The van der Waals surface area contributed by atoms with Gasteiger partial charge >= 0.3 is 6.09 Å². The van der Waals surface area contributed by atoms with Gasteiger partial charge in [0, 0.05) is 53.2 Å². The number of aromatic nitrogens is 1. The first-order chi connectivity index (χ1) is 20.2. The van der Waals surface area contributed by atoms with Crippen LogP contribution >= 0.6 is 0 Å². The maximum atomic E-state index is 13.6. The van der Waals surface area contributed by atoms with Gasteiger partial charge in [-0.25, -0.2) is 4.79 Å². The van der Waals surface area contributed by atoms with Crippen molar-refractivity contribution in [2.45, 2.75) is 98.4 Å². The Hall–Kier alpha value is -3.77. The third-order valence-corrected chi connectivity index (χ3v) is 7.68. The lowest BCUT2D eigenvalue weighted by Crippen LogP contribution is -2.45. The van der Waals surface area contributed by atoms with E-state index in [1.54, 1.807) is 0 Å². The number of aromatic amines is 1. The zero-order chi connectivity index (χ0) is 31.9. The highest BCUT2D eigenvalue weighted by Gasteiger charge is 2.29. The van der Waals surface area contributed by atoms with Gasteiger partial charge < -0.3 is 25.3 Å². The zero-order valence-electron chi connectivity index (χ0n) is 27.4. The Labute approximate surface area is 256 Å². The Morgan fingerprint density at radius 2 is 1.74 bits per heavy atom. The fourth-order valence-electron chi connectivity index (χ4n) is 5.60. The number of benzene rings is 1. The lowest BCUT2D eigenvalue weighted by atomic mass is 9.89. The maximum absolute atomic E-state index is 13.6. The second-order valence-corrected chi connectivity index (χ2v) is 12.8. The van der Waals surface area contributed by atoms with Crippen LogP contribution in [0.15, 0.2) is 23.0 Å². The summed E-state index contributed by atoms with van der Waals surface area (Å²) in [6.45, 7) is 14.9. The number of pyridine rings is 1. The van der Waals surface area contributed by atoms with Crippen molar-refractivity contribution >= 4 is 17.7 Å². The lowest BCUT2D eigenvalue weighted by molar-refractivity contribution is 0.0491. The number of anilines is 1. The third kappa shape index (κ3) is 9.62. The van der Waals surface area contributed by atoms with Crippen LogP contribution in [0, 0.1) is 32.6 Å². The normalized spacial score (nSPS) is 16.7. The van der Waals surface area contributed by atoms with Crippen molar-refractivity contribution in [2.24, 2.45) is 0 Å². The summed E-state index contributed by atoms with van der Waals surface area (Å²) in [7, 11) is 3.94. The average molecular weight is 592 g/mol. The molecule has 9 heteroatoms. The van der Waals surface area contributed by atoms with E-state index in [1.165, 1.54) is 0 Å². The maximum Gasteiger partial charge on any atom is 0.407 e. The van der Waals surface area contributed by atoms with Gasteiger partial charge in [0.15, 0.2) is 0 Å². The van der Waals surface area contributed by atoms with Crippen molar-refractivity contribution in [2.75, 3.05) is 32.1 Å². The second kappa shape index (κ2) is 14.6. The van der Waals surface area contributed by atoms with Gasteiger partial charge in [0.1, 0.15) is 5.60 Å². The average Bonchev–Trinajstić information content (AvgIpc) is 2.89. The molecule has 2 aromatic rings. The third-order valence-electron chi connectivity index (χ3n) is 7.68. The highest BCUT2D eigenvalue weighted by atomic mass is 16.6. The Morgan fingerprint density at radius 3 is 2.33 bits per heavy atom. The smallest absolute Gasteiger partial charge is 0.407 e. The predicted octanol–water partition coefficient (Wildman–Crippen LogP) is 4.81. The summed E-state index contributed by atoms with van der Waals surface area (Å²) in [6, 6.07) is 6.17. The number of ether oxygens (including phenoxy) is 1. The van der Waals surface area contributed by atoms with E-state index < -0.39 is 5.60 Å². The molecule has 3 rings (SSSR count). The molecule has 1 aliphatic rings. The molecule has 1 fully saturated rings. The van der Waals surface area contributed by atoms with Crippen LogP contribution in [-0.2, 0) is 11.3 Å². The van der Waals surface area contributed by atoms with E-state index in [2.05, 4.69) is 45.3 Å². The van der Waals surface area contributed by atoms with E-state index in [9.17, 15) is 14.4 Å². The van der Waals surface area contributed by atoms with E-state index in [1.807, 2.05) is 72.7 Å². The fourth-order valence-corrected chi connectivity index (χ4v) is 5.60. The molecule has 0 radical (unpaired) electrons. The van der Waals surface area contributed by atoms with Crippen LogP contribution in [0.5, 0.6) is 0 Å². The molecule has 234 valence electrons. The second-order valence-electron chi connectivity index (χ2n) is 12.8. The summed E-state index contributed by atoms with van der Waals surface area (Å²) in [4.78, 5) is 45.6. The van der Waals surface area contributed by atoms with Crippen LogP contribution in [0.1, 0.15) is 91.7 Å². The number of nitrogens with one attached hydrogen (secondary N) is 3. The summed E-state index contributed by atoms with van der Waals surface area (Å²) in [5.74, 6) is 6.21. The predicted molar refractivity (Wildman–Crippen MR) is 173 cm³/mol. The minimum atomic E-state index is -0.531. The van der Waals surface area contributed by atoms with Crippen molar-refractivity contribution in [3.8, 4) is 11.8 Å². The lowest BCUT2D eigenvalue weighted by Gasteiger charge is -2.39. The number of hydrogen-bond donors (Lipinski definition) is 3. The van der Waals surface area contributed by atoms with E-state index >= 15 is 0 Å². The number of carbonyl (C=O) groups is 2. The molecular formula is C34H49N5O4. The molecule has 0 atom stereocenters. The molecule has 3 N–H and O–H groups in total. The van der Waals surface area contributed by atoms with Crippen LogP contribution in [0.4, 0.5) is 10.5 Å². The quantitative estimate of drug-likeness (QED) is 0.381. The summed E-state index contributed by atoms with van der Waals surface area (Å²) >= 11 is 0. The molecule has 1 aliphatic carbocycles. The molecule has 9 nitrogen and oxygen atoms in total. The van der Waals surface area contributed by atoms with Crippen LogP contribution in [0.2, 0.25) is 0 Å². The van der Waals surface area contributed by atoms with Crippen LogP contribution in [0.25, 0.3) is 0 Å². The van der Waals surface area contributed by atoms with E-state index in [4.69, 9.17) is 4.74 Å². The first-order valence-corrected chi connectivity index (χ1v) is 15.2. The highest BCUT2D eigenvalue weighted by Crippen LogP contribution is 2.32. The number of H-pyrrole nitrogens is 1. The molecule has 1 aromatic carbocycles. The van der Waals surface area contributed by atoms with E-state index in [0.29, 0.717) is 17.7 Å². The molecule has 43 heavy (non-hydrogen) atoms. The molecule has 1 aromatic heterocycles. The Balaban J connectivity index is 1.86. The number of amides is 2. The van der Waals surface area contributed by atoms with Gasteiger partial charge in [-0.3, -0.25) is 14.5 Å². The number of rotatable bonds is 8. The number of carbonyl (C=O) groups excluding carboxylic acids is 2. The Kier molecular flexibility index (Phi) is 11.5. The van der Waals surface area contributed by atoms with E-state index in [-0.39, 0.29) is 36.2 Å². The molecule has 2 amide bonds. The molecule has 0 spiro atoms. The number of nitrogens with zero attached hydrogens (tertiary/aromatic N) is 2. The summed E-state index contributed by atoms with van der Waals surface area (Å²) in [5, 5.41) is 6.01. The summed E-state index contributed by atoms with van der Waals surface area (Å²) < 4.78 is 5.45. The monoisotopic (exact) mass is 591 g/mol. The van der Waals surface area contributed by atoms with E-state index in [0.717, 1.165) is 60.3 Å². The minimum Gasteiger partial charge on any atom is -0.444 e. The van der Waals surface area contributed by atoms with Gasteiger partial charge in [0.25, 0.3) is 11.5 Å². The van der Waals surface area contributed by atoms with Gasteiger partial charge in [-0.05, 0) is 118 Å². The van der Waals surface area contributed by atoms with Crippen molar-refractivity contribution < 1.29 is 14.3 Å². The standard InChI is InChI=1S/C34H49N5O4/c1-10-39(27-15-13-26(14-16-27)37-33(42)43-34(5,6)7)30-20-25(12-11-17-38(8)9)19-28(24(30)4)31(40)35-21-29-22(2)18-23(3)36-32(29)41/h18-20,26-27H,10,13-17,21H2,1-9H3,(H,35,40)(H,36,41)(H,37,42). The van der Waals surface area contributed by atoms with Crippen molar-refractivity contribution in [1.29, 1.82) is 0 Å². The number of aryl methyl sites for hydroxylation is 2. The fraction of sp³-hybridized carbons (Fsp3) is 0.559. The highest BCUT2D eigenvalue weighted by molar-refractivity contribution is 5.97. The zero-order valence-corrected chi connectivity index (χ0v) is 27.4.